The Hall–Kier alpha value is -1.71. The van der Waals surface area contributed by atoms with Crippen LogP contribution in [-0.2, 0) is 0 Å². The van der Waals surface area contributed by atoms with Gasteiger partial charge in [-0.2, -0.15) is 5.10 Å². The Morgan fingerprint density at radius 3 is 2.61 bits per heavy atom. The lowest BCUT2D eigenvalue weighted by Crippen LogP contribution is -2.23. The minimum absolute atomic E-state index is 0.174. The maximum Gasteiger partial charge on any atom is 0.271 e. The van der Waals surface area contributed by atoms with E-state index in [4.69, 9.17) is 0 Å². The standard InChI is InChI=1S/C14H19N3O/c1-11(12-5-3-2-4-6-12)16-17-14(18)13-7-9-15-10-8-13/h7-10,12H,2-6H2,1H3,(H,17,18)/b16-11+. The zero-order valence-electron chi connectivity index (χ0n) is 10.7. The number of hydrogen-bond acceptors (Lipinski definition) is 3. The van der Waals surface area contributed by atoms with Crippen molar-refractivity contribution in [2.75, 3.05) is 0 Å². The van der Waals surface area contributed by atoms with E-state index in [0.717, 1.165) is 5.71 Å². The zero-order valence-corrected chi connectivity index (χ0v) is 10.7. The Bertz CT molecular complexity index is 422. The monoisotopic (exact) mass is 245 g/mol. The Balaban J connectivity index is 1.91. The fourth-order valence-corrected chi connectivity index (χ4v) is 2.32. The van der Waals surface area contributed by atoms with Gasteiger partial charge in [-0.1, -0.05) is 19.3 Å². The molecule has 0 aliphatic heterocycles. The maximum absolute atomic E-state index is 11.8. The van der Waals surface area contributed by atoms with Crippen LogP contribution in [0.1, 0.15) is 49.4 Å². The van der Waals surface area contributed by atoms with Crippen LogP contribution in [0.5, 0.6) is 0 Å². The summed E-state index contributed by atoms with van der Waals surface area (Å²) in [5, 5.41) is 4.22. The van der Waals surface area contributed by atoms with Crippen molar-refractivity contribution in [1.82, 2.24) is 10.4 Å². The molecule has 1 heterocycles. The van der Waals surface area contributed by atoms with E-state index in [1.54, 1.807) is 24.5 Å². The molecule has 1 aliphatic carbocycles. The van der Waals surface area contributed by atoms with Crippen LogP contribution in [0.3, 0.4) is 0 Å². The van der Waals surface area contributed by atoms with Gasteiger partial charge in [0, 0.05) is 23.7 Å². The quantitative estimate of drug-likeness (QED) is 0.657. The summed E-state index contributed by atoms with van der Waals surface area (Å²) < 4.78 is 0. The predicted octanol–water partition coefficient (Wildman–Crippen LogP) is 2.77. The molecule has 1 fully saturated rings. The highest BCUT2D eigenvalue weighted by molar-refractivity contribution is 5.95. The molecule has 96 valence electrons. The van der Waals surface area contributed by atoms with Crippen molar-refractivity contribution in [3.63, 3.8) is 0 Å². The Morgan fingerprint density at radius 1 is 1.28 bits per heavy atom. The lowest BCUT2D eigenvalue weighted by Gasteiger charge is -2.21. The topological polar surface area (TPSA) is 54.4 Å². The van der Waals surface area contributed by atoms with Gasteiger partial charge in [-0.3, -0.25) is 9.78 Å². The molecule has 1 amide bonds. The van der Waals surface area contributed by atoms with Crippen LogP contribution in [-0.4, -0.2) is 16.6 Å². The number of amides is 1. The van der Waals surface area contributed by atoms with Crippen LogP contribution < -0.4 is 5.43 Å². The second kappa shape index (κ2) is 6.28. The van der Waals surface area contributed by atoms with Gasteiger partial charge in [0.15, 0.2) is 0 Å². The molecule has 0 atom stereocenters. The Labute approximate surface area is 108 Å². The predicted molar refractivity (Wildman–Crippen MR) is 71.4 cm³/mol. The number of nitrogens with zero attached hydrogens (tertiary/aromatic N) is 2. The highest BCUT2D eigenvalue weighted by atomic mass is 16.2. The molecule has 18 heavy (non-hydrogen) atoms. The average molecular weight is 245 g/mol. The summed E-state index contributed by atoms with van der Waals surface area (Å²) in [5.41, 5.74) is 4.24. The Kier molecular flexibility index (Phi) is 4.45. The van der Waals surface area contributed by atoms with Gasteiger partial charge in [0.25, 0.3) is 5.91 Å². The lowest BCUT2D eigenvalue weighted by molar-refractivity contribution is 0.0954. The van der Waals surface area contributed by atoms with Crippen molar-refractivity contribution < 1.29 is 4.79 Å². The number of rotatable bonds is 3. The van der Waals surface area contributed by atoms with E-state index in [1.165, 1.54) is 32.1 Å². The summed E-state index contributed by atoms with van der Waals surface area (Å²) >= 11 is 0. The summed E-state index contributed by atoms with van der Waals surface area (Å²) in [6.45, 7) is 2.00. The number of nitrogens with one attached hydrogen (secondary N) is 1. The Morgan fingerprint density at radius 2 is 1.94 bits per heavy atom. The first-order chi connectivity index (χ1) is 8.77. The summed E-state index contributed by atoms with van der Waals surface area (Å²) in [6.07, 6.45) is 9.47. The summed E-state index contributed by atoms with van der Waals surface area (Å²) in [6, 6.07) is 3.36. The molecule has 4 heteroatoms. The molecular formula is C14H19N3O. The van der Waals surface area contributed by atoms with Crippen LogP contribution in [0.25, 0.3) is 0 Å². The molecule has 0 aromatic carbocycles. The minimum atomic E-state index is -0.174. The summed E-state index contributed by atoms with van der Waals surface area (Å²) in [7, 11) is 0. The molecule has 0 saturated heterocycles. The molecule has 0 spiro atoms. The third-order valence-corrected chi connectivity index (χ3v) is 3.47. The van der Waals surface area contributed by atoms with Crippen molar-refractivity contribution in [3.05, 3.63) is 30.1 Å². The van der Waals surface area contributed by atoms with Crippen molar-refractivity contribution >= 4 is 11.6 Å². The van der Waals surface area contributed by atoms with E-state index >= 15 is 0 Å². The van der Waals surface area contributed by atoms with Crippen molar-refractivity contribution in [2.45, 2.75) is 39.0 Å². The SMILES string of the molecule is C/C(=N\NC(=O)c1ccncc1)C1CCCCC1. The lowest BCUT2D eigenvalue weighted by atomic mass is 9.86. The second-order valence-corrected chi connectivity index (χ2v) is 4.76. The smallest absolute Gasteiger partial charge is 0.267 e. The van der Waals surface area contributed by atoms with E-state index in [-0.39, 0.29) is 5.91 Å². The third kappa shape index (κ3) is 3.39. The van der Waals surface area contributed by atoms with Crippen LogP contribution in [0.15, 0.2) is 29.6 Å². The van der Waals surface area contributed by atoms with E-state index in [0.29, 0.717) is 11.5 Å². The van der Waals surface area contributed by atoms with Gasteiger partial charge >= 0.3 is 0 Å². The van der Waals surface area contributed by atoms with Gasteiger partial charge in [-0.25, -0.2) is 5.43 Å². The van der Waals surface area contributed by atoms with E-state index in [9.17, 15) is 4.79 Å². The van der Waals surface area contributed by atoms with Crippen LogP contribution >= 0.6 is 0 Å². The first kappa shape index (κ1) is 12.7. The third-order valence-electron chi connectivity index (χ3n) is 3.47. The van der Waals surface area contributed by atoms with Crippen LogP contribution in [0.2, 0.25) is 0 Å². The second-order valence-electron chi connectivity index (χ2n) is 4.76. The van der Waals surface area contributed by atoms with Gasteiger partial charge in [0.05, 0.1) is 0 Å². The molecule has 1 N–H and O–H groups in total. The van der Waals surface area contributed by atoms with Crippen molar-refractivity contribution in [1.29, 1.82) is 0 Å². The van der Waals surface area contributed by atoms with Gasteiger partial charge < -0.3 is 0 Å². The van der Waals surface area contributed by atoms with E-state index in [2.05, 4.69) is 15.5 Å². The largest absolute Gasteiger partial charge is 0.271 e. The number of aromatic nitrogens is 1. The maximum atomic E-state index is 11.8. The van der Waals surface area contributed by atoms with Crippen LogP contribution in [0.4, 0.5) is 0 Å². The molecule has 1 aromatic heterocycles. The first-order valence-corrected chi connectivity index (χ1v) is 6.52. The number of hydrazone groups is 1. The molecule has 0 bridgehead atoms. The molecule has 0 radical (unpaired) electrons. The van der Waals surface area contributed by atoms with Crippen LogP contribution in [0, 0.1) is 5.92 Å². The van der Waals surface area contributed by atoms with E-state index < -0.39 is 0 Å². The first-order valence-electron chi connectivity index (χ1n) is 6.52. The molecule has 0 unspecified atom stereocenters. The molecule has 4 nitrogen and oxygen atoms in total. The normalized spacial score (nSPS) is 17.5. The van der Waals surface area contributed by atoms with Crippen molar-refractivity contribution in [3.8, 4) is 0 Å². The number of carbonyl (C=O) groups is 1. The van der Waals surface area contributed by atoms with Gasteiger partial charge in [-0.15, -0.1) is 0 Å². The summed E-state index contributed by atoms with van der Waals surface area (Å²) in [4.78, 5) is 15.7. The highest BCUT2D eigenvalue weighted by Crippen LogP contribution is 2.24. The average Bonchev–Trinajstić information content (AvgIpc) is 2.46. The number of carbonyl (C=O) groups excluding carboxylic acids is 1. The van der Waals surface area contributed by atoms with E-state index in [1.807, 2.05) is 6.92 Å². The highest BCUT2D eigenvalue weighted by Gasteiger charge is 2.16. The number of hydrogen-bond donors (Lipinski definition) is 1. The fraction of sp³-hybridized carbons (Fsp3) is 0.500. The van der Waals surface area contributed by atoms with Gasteiger partial charge in [0.1, 0.15) is 0 Å². The van der Waals surface area contributed by atoms with Crippen molar-refractivity contribution in [2.24, 2.45) is 11.0 Å². The summed E-state index contributed by atoms with van der Waals surface area (Å²) in [5.74, 6) is 0.365. The number of pyridine rings is 1. The molecule has 2 rings (SSSR count). The molecule has 1 saturated carbocycles. The zero-order chi connectivity index (χ0) is 12.8. The molecular weight excluding hydrogens is 226 g/mol. The molecule has 1 aliphatic rings. The van der Waals surface area contributed by atoms with Gasteiger partial charge in [0.2, 0.25) is 0 Å². The molecule has 1 aromatic rings. The fourth-order valence-electron chi connectivity index (χ4n) is 2.32. The van der Waals surface area contributed by atoms with Gasteiger partial charge in [-0.05, 0) is 37.8 Å². The minimum Gasteiger partial charge on any atom is -0.267 e.